The predicted octanol–water partition coefficient (Wildman–Crippen LogP) is 5.52. The van der Waals surface area contributed by atoms with Gasteiger partial charge >= 0.3 is 0 Å². The summed E-state index contributed by atoms with van der Waals surface area (Å²) in [5, 5.41) is 3.40. The first kappa shape index (κ1) is 15.3. The van der Waals surface area contributed by atoms with Gasteiger partial charge in [-0.2, -0.15) is 0 Å². The topological polar surface area (TPSA) is 29.1 Å². The molecule has 0 aliphatic heterocycles. The van der Waals surface area contributed by atoms with Crippen LogP contribution < -0.4 is 5.32 Å². The number of hydrogen-bond donors (Lipinski definition) is 1. The van der Waals surface area contributed by atoms with Gasteiger partial charge in [0.15, 0.2) is 0 Å². The van der Waals surface area contributed by atoms with E-state index >= 15 is 0 Å². The van der Waals surface area contributed by atoms with Crippen molar-refractivity contribution in [3.05, 3.63) is 68.1 Å². The first-order chi connectivity index (χ1) is 9.56. The minimum Gasteiger partial charge on any atom is -0.321 e. The third-order valence-electron chi connectivity index (χ3n) is 2.51. The molecule has 2 rings (SSSR count). The standard InChI is InChI=1S/C15H10Br2ClNO/c16-11-6-7-14(12(17)9-11)19-15(20)8-5-10-3-1-2-4-13(10)18/h1-9H,(H,19,20)/b8-5+. The van der Waals surface area contributed by atoms with E-state index in [0.717, 1.165) is 14.5 Å². The maximum atomic E-state index is 11.9. The number of anilines is 1. The fraction of sp³-hybridized carbons (Fsp3) is 0. The summed E-state index contributed by atoms with van der Waals surface area (Å²) in [6.45, 7) is 0. The second-order valence-corrected chi connectivity index (χ2v) is 6.15. The molecule has 0 spiro atoms. The second kappa shape index (κ2) is 7.07. The molecule has 102 valence electrons. The molecule has 0 atom stereocenters. The Hall–Kier alpha value is -1.10. The highest BCUT2D eigenvalue weighted by Crippen LogP contribution is 2.26. The number of halogens is 3. The zero-order valence-corrected chi connectivity index (χ0v) is 14.2. The quantitative estimate of drug-likeness (QED) is 0.658. The Morgan fingerprint density at radius 3 is 2.60 bits per heavy atom. The molecule has 0 saturated carbocycles. The van der Waals surface area contributed by atoms with Crippen LogP contribution in [-0.2, 0) is 4.79 Å². The highest BCUT2D eigenvalue weighted by atomic mass is 79.9. The zero-order valence-electron chi connectivity index (χ0n) is 10.2. The van der Waals surface area contributed by atoms with Crippen LogP contribution in [0.1, 0.15) is 5.56 Å². The van der Waals surface area contributed by atoms with Crippen LogP contribution in [-0.4, -0.2) is 5.91 Å². The van der Waals surface area contributed by atoms with E-state index in [4.69, 9.17) is 11.6 Å². The molecule has 0 radical (unpaired) electrons. The lowest BCUT2D eigenvalue weighted by molar-refractivity contribution is -0.111. The molecule has 0 bridgehead atoms. The highest BCUT2D eigenvalue weighted by Gasteiger charge is 2.03. The van der Waals surface area contributed by atoms with Gasteiger partial charge in [0.1, 0.15) is 0 Å². The summed E-state index contributed by atoms with van der Waals surface area (Å²) >= 11 is 12.8. The molecule has 2 nitrogen and oxygen atoms in total. The van der Waals surface area contributed by atoms with Crippen LogP contribution in [0.3, 0.4) is 0 Å². The first-order valence-corrected chi connectivity index (χ1v) is 7.71. The van der Waals surface area contributed by atoms with Gasteiger partial charge in [-0.15, -0.1) is 0 Å². The van der Waals surface area contributed by atoms with Crippen LogP contribution in [0.5, 0.6) is 0 Å². The molecule has 1 N–H and O–H groups in total. The summed E-state index contributed by atoms with van der Waals surface area (Å²) in [5.74, 6) is -0.215. The van der Waals surface area contributed by atoms with Gasteiger partial charge in [-0.05, 0) is 51.8 Å². The van der Waals surface area contributed by atoms with Crippen molar-refractivity contribution in [1.29, 1.82) is 0 Å². The van der Waals surface area contributed by atoms with Gasteiger partial charge in [-0.1, -0.05) is 45.7 Å². The molecule has 0 aliphatic carbocycles. The van der Waals surface area contributed by atoms with Crippen LogP contribution in [0.25, 0.3) is 6.08 Å². The van der Waals surface area contributed by atoms with E-state index in [-0.39, 0.29) is 5.91 Å². The third-order valence-corrected chi connectivity index (χ3v) is 4.00. The van der Waals surface area contributed by atoms with E-state index in [1.54, 1.807) is 12.1 Å². The zero-order chi connectivity index (χ0) is 14.5. The lowest BCUT2D eigenvalue weighted by Crippen LogP contribution is -2.08. The molecule has 2 aromatic carbocycles. The molecule has 0 saturated heterocycles. The van der Waals surface area contributed by atoms with E-state index in [2.05, 4.69) is 37.2 Å². The summed E-state index contributed by atoms with van der Waals surface area (Å²) < 4.78 is 1.75. The van der Waals surface area contributed by atoms with Gasteiger partial charge in [0.05, 0.1) is 5.69 Å². The van der Waals surface area contributed by atoms with Gasteiger partial charge < -0.3 is 5.32 Å². The van der Waals surface area contributed by atoms with Gasteiger partial charge in [0.25, 0.3) is 0 Å². The normalized spacial score (nSPS) is 10.8. The van der Waals surface area contributed by atoms with Crippen LogP contribution >= 0.6 is 43.5 Å². The van der Waals surface area contributed by atoms with Gasteiger partial charge in [0.2, 0.25) is 5.91 Å². The van der Waals surface area contributed by atoms with Crippen molar-refractivity contribution in [2.24, 2.45) is 0 Å². The first-order valence-electron chi connectivity index (χ1n) is 5.75. The predicted molar refractivity (Wildman–Crippen MR) is 91.0 cm³/mol. The molecular formula is C15H10Br2ClNO. The molecular weight excluding hydrogens is 405 g/mol. The van der Waals surface area contributed by atoms with Crippen molar-refractivity contribution in [3.8, 4) is 0 Å². The minimum atomic E-state index is -0.215. The molecule has 5 heteroatoms. The average molecular weight is 416 g/mol. The number of nitrogens with one attached hydrogen (secondary N) is 1. The van der Waals surface area contributed by atoms with Crippen molar-refractivity contribution in [2.75, 3.05) is 5.32 Å². The Bertz CT molecular complexity index is 671. The number of rotatable bonds is 3. The van der Waals surface area contributed by atoms with Crippen molar-refractivity contribution >= 4 is 61.1 Å². The highest BCUT2D eigenvalue weighted by molar-refractivity contribution is 9.11. The molecule has 0 unspecified atom stereocenters. The molecule has 0 aromatic heterocycles. The number of hydrogen-bond acceptors (Lipinski definition) is 1. The number of amides is 1. The minimum absolute atomic E-state index is 0.215. The maximum absolute atomic E-state index is 11.9. The smallest absolute Gasteiger partial charge is 0.248 e. The monoisotopic (exact) mass is 413 g/mol. The summed E-state index contributed by atoms with van der Waals surface area (Å²) in [5.41, 5.74) is 1.51. The summed E-state index contributed by atoms with van der Waals surface area (Å²) in [7, 11) is 0. The van der Waals surface area contributed by atoms with Gasteiger partial charge in [-0.25, -0.2) is 0 Å². The summed E-state index contributed by atoms with van der Waals surface area (Å²) in [6.07, 6.45) is 3.14. The van der Waals surface area contributed by atoms with Crippen molar-refractivity contribution in [1.82, 2.24) is 0 Å². The molecule has 0 aliphatic rings. The van der Waals surface area contributed by atoms with E-state index in [0.29, 0.717) is 10.7 Å². The Balaban J connectivity index is 2.08. The lowest BCUT2D eigenvalue weighted by atomic mass is 10.2. The van der Waals surface area contributed by atoms with Gasteiger partial charge in [-0.3, -0.25) is 4.79 Å². The van der Waals surface area contributed by atoms with E-state index < -0.39 is 0 Å². The molecule has 0 fully saturated rings. The maximum Gasteiger partial charge on any atom is 0.248 e. The Morgan fingerprint density at radius 2 is 1.90 bits per heavy atom. The molecule has 0 heterocycles. The van der Waals surface area contributed by atoms with Crippen LogP contribution in [0.15, 0.2) is 57.5 Å². The van der Waals surface area contributed by atoms with E-state index in [1.807, 2.05) is 36.4 Å². The summed E-state index contributed by atoms with van der Waals surface area (Å²) in [4.78, 5) is 11.9. The number of benzene rings is 2. The third kappa shape index (κ3) is 4.20. The van der Waals surface area contributed by atoms with Gasteiger partial charge in [0, 0.05) is 20.0 Å². The average Bonchev–Trinajstić information content (AvgIpc) is 2.41. The van der Waals surface area contributed by atoms with E-state index in [9.17, 15) is 4.79 Å². The Morgan fingerprint density at radius 1 is 1.15 bits per heavy atom. The Labute approximate surface area is 139 Å². The largest absolute Gasteiger partial charge is 0.321 e. The molecule has 20 heavy (non-hydrogen) atoms. The molecule has 1 amide bonds. The van der Waals surface area contributed by atoms with Crippen LogP contribution in [0.4, 0.5) is 5.69 Å². The molecule has 2 aromatic rings. The van der Waals surface area contributed by atoms with Crippen molar-refractivity contribution in [2.45, 2.75) is 0 Å². The number of carbonyl (C=O) groups excluding carboxylic acids is 1. The second-order valence-electron chi connectivity index (χ2n) is 3.97. The van der Waals surface area contributed by atoms with Crippen molar-refractivity contribution < 1.29 is 4.79 Å². The summed E-state index contributed by atoms with van der Waals surface area (Å²) in [6, 6.07) is 12.9. The fourth-order valence-electron chi connectivity index (χ4n) is 1.54. The van der Waals surface area contributed by atoms with Crippen molar-refractivity contribution in [3.63, 3.8) is 0 Å². The number of carbonyl (C=O) groups is 1. The van der Waals surface area contributed by atoms with Crippen LogP contribution in [0, 0.1) is 0 Å². The SMILES string of the molecule is O=C(/C=C/c1ccccc1Cl)Nc1ccc(Br)cc1Br. The van der Waals surface area contributed by atoms with E-state index in [1.165, 1.54) is 6.08 Å². The van der Waals surface area contributed by atoms with Crippen LogP contribution in [0.2, 0.25) is 5.02 Å². The fourth-order valence-corrected chi connectivity index (χ4v) is 2.89. The lowest BCUT2D eigenvalue weighted by Gasteiger charge is -2.05. The Kier molecular flexibility index (Phi) is 5.40.